The van der Waals surface area contributed by atoms with Crippen molar-refractivity contribution in [3.8, 4) is 0 Å². The first-order valence-electron chi connectivity index (χ1n) is 8.47. The van der Waals surface area contributed by atoms with Crippen LogP contribution in [0.2, 0.25) is 0 Å². The van der Waals surface area contributed by atoms with Crippen molar-refractivity contribution in [2.45, 2.75) is 38.5 Å². The predicted molar refractivity (Wildman–Crippen MR) is 93.3 cm³/mol. The maximum Gasteiger partial charge on any atom is 0.309 e. The lowest BCUT2D eigenvalue weighted by molar-refractivity contribution is -0.154. The van der Waals surface area contributed by atoms with Crippen LogP contribution < -0.4 is 0 Å². The molecule has 1 fully saturated rings. The largest absolute Gasteiger partial charge is 0.457 e. The highest BCUT2D eigenvalue weighted by molar-refractivity contribution is 7.89. The van der Waals surface area contributed by atoms with Gasteiger partial charge >= 0.3 is 5.97 Å². The molecule has 8 heteroatoms. The lowest BCUT2D eigenvalue weighted by atomic mass is 9.91. The number of halogens is 1. The Kier molecular flexibility index (Phi) is 6.18. The lowest BCUT2D eigenvalue weighted by Crippen LogP contribution is -2.41. The van der Waals surface area contributed by atoms with E-state index in [2.05, 4.69) is 0 Å². The number of nitrogens with zero attached hydrogens (tertiary/aromatic N) is 1. The van der Waals surface area contributed by atoms with Gasteiger partial charge in [0.2, 0.25) is 10.0 Å². The number of rotatable bonds is 5. The fourth-order valence-corrected chi connectivity index (χ4v) is 4.03. The van der Waals surface area contributed by atoms with Crippen molar-refractivity contribution in [2.24, 2.45) is 11.3 Å². The van der Waals surface area contributed by atoms with Crippen LogP contribution in [-0.4, -0.2) is 44.2 Å². The van der Waals surface area contributed by atoms with Gasteiger partial charge in [-0.2, -0.15) is 4.31 Å². The van der Waals surface area contributed by atoms with Gasteiger partial charge < -0.3 is 4.74 Å². The highest BCUT2D eigenvalue weighted by Crippen LogP contribution is 2.25. The summed E-state index contributed by atoms with van der Waals surface area (Å²) in [5.74, 6) is -1.57. The number of benzene rings is 1. The molecule has 1 saturated heterocycles. The van der Waals surface area contributed by atoms with Crippen molar-refractivity contribution in [1.29, 1.82) is 0 Å². The van der Waals surface area contributed by atoms with Crippen LogP contribution in [0.5, 0.6) is 0 Å². The summed E-state index contributed by atoms with van der Waals surface area (Å²) in [6.07, 6.45) is 0.645. The summed E-state index contributed by atoms with van der Waals surface area (Å²) in [6.45, 7) is 5.34. The van der Waals surface area contributed by atoms with Crippen molar-refractivity contribution >= 4 is 21.8 Å². The van der Waals surface area contributed by atoms with E-state index in [0.29, 0.717) is 12.8 Å². The maximum atomic E-state index is 13.0. The molecule has 26 heavy (non-hydrogen) atoms. The van der Waals surface area contributed by atoms with Gasteiger partial charge in [-0.15, -0.1) is 0 Å². The Morgan fingerprint density at radius 2 is 1.69 bits per heavy atom. The molecule has 144 valence electrons. The molecule has 1 heterocycles. The SMILES string of the molecule is CC(C)(C)C(=O)COC(=O)C1CCN(S(=O)(=O)c2ccc(F)cc2)CC1. The fourth-order valence-electron chi connectivity index (χ4n) is 2.56. The van der Waals surface area contributed by atoms with Crippen LogP contribution in [0.15, 0.2) is 29.2 Å². The van der Waals surface area contributed by atoms with Gasteiger partial charge in [0.1, 0.15) is 5.82 Å². The van der Waals surface area contributed by atoms with E-state index in [1.165, 1.54) is 16.4 Å². The van der Waals surface area contributed by atoms with Crippen LogP contribution in [0.1, 0.15) is 33.6 Å². The van der Waals surface area contributed by atoms with Crippen molar-refractivity contribution < 1.29 is 27.1 Å². The van der Waals surface area contributed by atoms with Crippen LogP contribution in [0.25, 0.3) is 0 Å². The van der Waals surface area contributed by atoms with Crippen LogP contribution in [0.4, 0.5) is 4.39 Å². The summed E-state index contributed by atoms with van der Waals surface area (Å²) in [7, 11) is -3.71. The minimum absolute atomic E-state index is 0.0238. The van der Waals surface area contributed by atoms with Gasteiger partial charge in [-0.05, 0) is 37.1 Å². The molecule has 0 atom stereocenters. The second-order valence-corrected chi connectivity index (χ2v) is 9.35. The second-order valence-electron chi connectivity index (χ2n) is 7.41. The first kappa shape index (κ1) is 20.5. The molecule has 0 radical (unpaired) electrons. The smallest absolute Gasteiger partial charge is 0.309 e. The molecule has 1 aromatic rings. The molecule has 0 aromatic heterocycles. The molecule has 0 N–H and O–H groups in total. The number of sulfonamides is 1. The van der Waals surface area contributed by atoms with Gasteiger partial charge in [0, 0.05) is 18.5 Å². The quantitative estimate of drug-likeness (QED) is 0.727. The standard InChI is InChI=1S/C18H24FNO5S/c1-18(2,3)16(21)12-25-17(22)13-8-10-20(11-9-13)26(23,24)15-6-4-14(19)5-7-15/h4-7,13H,8-12H2,1-3H3. The summed E-state index contributed by atoms with van der Waals surface area (Å²) in [4.78, 5) is 24.0. The zero-order chi connectivity index (χ0) is 19.5. The first-order valence-corrected chi connectivity index (χ1v) is 9.91. The summed E-state index contributed by atoms with van der Waals surface area (Å²) in [6, 6.07) is 4.65. The normalized spacial score (nSPS) is 17.1. The van der Waals surface area contributed by atoms with Gasteiger partial charge in [0.25, 0.3) is 0 Å². The van der Waals surface area contributed by atoms with Gasteiger partial charge in [0.05, 0.1) is 10.8 Å². The van der Waals surface area contributed by atoms with Gasteiger partial charge in [-0.1, -0.05) is 20.8 Å². The Morgan fingerprint density at radius 1 is 1.15 bits per heavy atom. The van der Waals surface area contributed by atoms with Crippen molar-refractivity contribution in [3.63, 3.8) is 0 Å². The van der Waals surface area contributed by atoms with Crippen LogP contribution >= 0.6 is 0 Å². The molecule has 0 unspecified atom stereocenters. The van der Waals surface area contributed by atoms with E-state index in [4.69, 9.17) is 4.74 Å². The first-order chi connectivity index (χ1) is 12.0. The number of carbonyl (C=O) groups is 2. The van der Waals surface area contributed by atoms with Gasteiger partial charge in [0.15, 0.2) is 12.4 Å². The van der Waals surface area contributed by atoms with Crippen molar-refractivity contribution in [3.05, 3.63) is 30.1 Å². The second kappa shape index (κ2) is 7.84. The summed E-state index contributed by atoms with van der Waals surface area (Å²) in [5.41, 5.74) is -0.577. The fraction of sp³-hybridized carbons (Fsp3) is 0.556. The average Bonchev–Trinajstić information content (AvgIpc) is 2.59. The topological polar surface area (TPSA) is 80.8 Å². The summed E-state index contributed by atoms with van der Waals surface area (Å²) in [5, 5.41) is 0. The molecule has 0 spiro atoms. The van der Waals surface area contributed by atoms with E-state index >= 15 is 0 Å². The number of Topliss-reactive ketones (excluding diaryl/α,β-unsaturated/α-hetero) is 1. The van der Waals surface area contributed by atoms with Crippen molar-refractivity contribution in [2.75, 3.05) is 19.7 Å². The maximum absolute atomic E-state index is 13.0. The highest BCUT2D eigenvalue weighted by Gasteiger charge is 2.33. The number of hydrogen-bond acceptors (Lipinski definition) is 5. The van der Waals surface area contributed by atoms with E-state index in [1.54, 1.807) is 20.8 Å². The summed E-state index contributed by atoms with van der Waals surface area (Å²) < 4.78 is 44.4. The molecule has 0 amide bonds. The minimum Gasteiger partial charge on any atom is -0.457 e. The van der Waals surface area contributed by atoms with Gasteiger partial charge in [-0.25, -0.2) is 12.8 Å². The summed E-state index contributed by atoms with van der Waals surface area (Å²) >= 11 is 0. The van der Waals surface area contributed by atoms with Crippen LogP contribution in [0.3, 0.4) is 0 Å². The molecule has 1 aromatic carbocycles. The minimum atomic E-state index is -3.71. The number of carbonyl (C=O) groups excluding carboxylic acids is 2. The monoisotopic (exact) mass is 385 g/mol. The molecular formula is C18H24FNO5S. The third-order valence-corrected chi connectivity index (χ3v) is 6.33. The molecular weight excluding hydrogens is 361 g/mol. The van der Waals surface area contributed by atoms with E-state index in [-0.39, 0.29) is 30.4 Å². The molecule has 0 aliphatic carbocycles. The van der Waals surface area contributed by atoms with E-state index in [9.17, 15) is 22.4 Å². The van der Waals surface area contributed by atoms with E-state index < -0.39 is 33.1 Å². The Balaban J connectivity index is 1.91. The number of piperidine rings is 1. The van der Waals surface area contributed by atoms with Crippen molar-refractivity contribution in [1.82, 2.24) is 4.31 Å². The Morgan fingerprint density at radius 3 is 2.19 bits per heavy atom. The van der Waals surface area contributed by atoms with Crippen LogP contribution in [0, 0.1) is 17.2 Å². The molecule has 2 rings (SSSR count). The highest BCUT2D eigenvalue weighted by atomic mass is 32.2. The van der Waals surface area contributed by atoms with Crippen LogP contribution in [-0.2, 0) is 24.3 Å². The number of esters is 1. The lowest BCUT2D eigenvalue weighted by Gasteiger charge is -2.30. The number of hydrogen-bond donors (Lipinski definition) is 0. The molecule has 0 bridgehead atoms. The molecule has 0 saturated carbocycles. The average molecular weight is 385 g/mol. The Labute approximate surface area is 153 Å². The zero-order valence-electron chi connectivity index (χ0n) is 15.2. The Hall–Kier alpha value is -1.80. The third kappa shape index (κ3) is 4.88. The number of ketones is 1. The molecule has 6 nitrogen and oxygen atoms in total. The third-order valence-electron chi connectivity index (χ3n) is 4.42. The van der Waals surface area contributed by atoms with Gasteiger partial charge in [-0.3, -0.25) is 9.59 Å². The molecule has 1 aliphatic rings. The zero-order valence-corrected chi connectivity index (χ0v) is 16.0. The Bertz CT molecular complexity index is 760. The van der Waals surface area contributed by atoms with E-state index in [0.717, 1.165) is 12.1 Å². The number of ether oxygens (including phenoxy) is 1. The molecule has 1 aliphatic heterocycles. The predicted octanol–water partition coefficient (Wildman–Crippen LogP) is 2.38. The van der Waals surface area contributed by atoms with E-state index in [1.807, 2.05) is 0 Å².